The van der Waals surface area contributed by atoms with Gasteiger partial charge in [-0.2, -0.15) is 0 Å². The Labute approximate surface area is 139 Å². The highest BCUT2D eigenvalue weighted by Gasteiger charge is 2.15. The molecule has 0 radical (unpaired) electrons. The molecule has 1 aliphatic heterocycles. The van der Waals surface area contributed by atoms with Crippen LogP contribution in [0.1, 0.15) is 51.0 Å². The van der Waals surface area contributed by atoms with Crippen LogP contribution in [0.3, 0.4) is 0 Å². The Morgan fingerprint density at radius 3 is 2.52 bits per heavy atom. The Morgan fingerprint density at radius 1 is 1.13 bits per heavy atom. The van der Waals surface area contributed by atoms with Crippen LogP contribution in [0.15, 0.2) is 36.4 Å². The highest BCUT2D eigenvalue weighted by molar-refractivity contribution is 5.85. The minimum atomic E-state index is 0.526. The molecule has 0 aromatic heterocycles. The second-order valence-corrected chi connectivity index (χ2v) is 6.74. The molecule has 124 valence electrons. The van der Waals surface area contributed by atoms with Gasteiger partial charge in [0.15, 0.2) is 0 Å². The third kappa shape index (κ3) is 4.06. The molecule has 1 unspecified atom stereocenters. The Bertz CT molecular complexity index is 629. The first-order valence-electron chi connectivity index (χ1n) is 9.01. The predicted molar refractivity (Wildman–Crippen MR) is 96.3 cm³/mol. The van der Waals surface area contributed by atoms with Gasteiger partial charge >= 0.3 is 0 Å². The van der Waals surface area contributed by atoms with Crippen LogP contribution >= 0.6 is 0 Å². The molecule has 1 aliphatic rings. The normalized spacial score (nSPS) is 17.3. The van der Waals surface area contributed by atoms with Crippen molar-refractivity contribution < 1.29 is 9.47 Å². The zero-order valence-corrected chi connectivity index (χ0v) is 14.4. The van der Waals surface area contributed by atoms with Crippen molar-refractivity contribution in [1.29, 1.82) is 0 Å². The van der Waals surface area contributed by atoms with Gasteiger partial charge in [-0.3, -0.25) is 0 Å². The molecule has 1 atom stereocenters. The summed E-state index contributed by atoms with van der Waals surface area (Å²) in [6.07, 6.45) is 4.63. The van der Waals surface area contributed by atoms with Crippen molar-refractivity contribution >= 4 is 10.8 Å². The Kier molecular flexibility index (Phi) is 5.56. The lowest BCUT2D eigenvalue weighted by Crippen LogP contribution is -2.18. The first-order valence-corrected chi connectivity index (χ1v) is 9.01. The van der Waals surface area contributed by atoms with E-state index in [0.29, 0.717) is 5.92 Å². The molecule has 1 fully saturated rings. The van der Waals surface area contributed by atoms with E-state index in [-0.39, 0.29) is 0 Å². The minimum absolute atomic E-state index is 0.526. The van der Waals surface area contributed by atoms with Crippen LogP contribution in [-0.4, -0.2) is 19.8 Å². The lowest BCUT2D eigenvalue weighted by molar-refractivity contribution is 0.0593. The lowest BCUT2D eigenvalue weighted by atomic mass is 9.94. The second-order valence-electron chi connectivity index (χ2n) is 6.74. The molecule has 0 aliphatic carbocycles. The van der Waals surface area contributed by atoms with Crippen LogP contribution in [0.2, 0.25) is 0 Å². The maximum absolute atomic E-state index is 6.23. The third-order valence-electron chi connectivity index (χ3n) is 5.15. The molecule has 2 nitrogen and oxygen atoms in total. The summed E-state index contributed by atoms with van der Waals surface area (Å²) in [4.78, 5) is 0. The van der Waals surface area contributed by atoms with Gasteiger partial charge in [0.1, 0.15) is 5.75 Å². The summed E-state index contributed by atoms with van der Waals surface area (Å²) in [6, 6.07) is 13.1. The Hall–Kier alpha value is -1.54. The fourth-order valence-corrected chi connectivity index (χ4v) is 3.34. The number of fused-ring (bicyclic) bond motifs is 1. The topological polar surface area (TPSA) is 18.5 Å². The maximum Gasteiger partial charge on any atom is 0.123 e. The van der Waals surface area contributed by atoms with Crippen LogP contribution in [0.4, 0.5) is 0 Å². The second kappa shape index (κ2) is 7.83. The van der Waals surface area contributed by atoms with Gasteiger partial charge in [-0.1, -0.05) is 38.1 Å². The molecule has 0 N–H and O–H groups in total. The Morgan fingerprint density at radius 2 is 1.83 bits per heavy atom. The maximum atomic E-state index is 6.23. The van der Waals surface area contributed by atoms with Crippen LogP contribution in [-0.2, 0) is 4.74 Å². The molecule has 2 aromatic carbocycles. The summed E-state index contributed by atoms with van der Waals surface area (Å²) in [7, 11) is 0. The zero-order valence-electron chi connectivity index (χ0n) is 14.4. The first-order chi connectivity index (χ1) is 11.3. The molecule has 2 aromatic rings. The van der Waals surface area contributed by atoms with Gasteiger partial charge in [-0.15, -0.1) is 0 Å². The largest absolute Gasteiger partial charge is 0.493 e. The van der Waals surface area contributed by atoms with E-state index in [2.05, 4.69) is 50.2 Å². The molecule has 23 heavy (non-hydrogen) atoms. The molecule has 1 heterocycles. The lowest BCUT2D eigenvalue weighted by Gasteiger charge is -2.23. The van der Waals surface area contributed by atoms with E-state index in [1.54, 1.807) is 0 Å². The fourth-order valence-electron chi connectivity index (χ4n) is 3.34. The highest BCUT2D eigenvalue weighted by atomic mass is 16.5. The molecule has 0 spiro atoms. The third-order valence-corrected chi connectivity index (χ3v) is 5.15. The van der Waals surface area contributed by atoms with Gasteiger partial charge in [0, 0.05) is 13.2 Å². The molecule has 0 saturated carbocycles. The number of ether oxygens (including phenoxy) is 2. The zero-order chi connectivity index (χ0) is 16.1. The van der Waals surface area contributed by atoms with E-state index in [1.165, 1.54) is 29.2 Å². The van der Waals surface area contributed by atoms with Crippen molar-refractivity contribution in [1.82, 2.24) is 0 Å². The standard InChI is InChI=1S/C21H28O2/c1-3-16(2)20-14-18-6-4-5-7-19(18)15-21(20)23-13-10-17-8-11-22-12-9-17/h4-7,14-17H,3,8-13H2,1-2H3. The number of hydrogen-bond acceptors (Lipinski definition) is 2. The van der Waals surface area contributed by atoms with Crippen molar-refractivity contribution in [3.8, 4) is 5.75 Å². The number of rotatable bonds is 6. The van der Waals surface area contributed by atoms with Crippen LogP contribution in [0.5, 0.6) is 5.75 Å². The van der Waals surface area contributed by atoms with Crippen molar-refractivity contribution in [3.05, 3.63) is 42.0 Å². The monoisotopic (exact) mass is 312 g/mol. The highest BCUT2D eigenvalue weighted by Crippen LogP contribution is 2.33. The average molecular weight is 312 g/mol. The van der Waals surface area contributed by atoms with E-state index in [4.69, 9.17) is 9.47 Å². The van der Waals surface area contributed by atoms with E-state index in [9.17, 15) is 0 Å². The van der Waals surface area contributed by atoms with Gasteiger partial charge < -0.3 is 9.47 Å². The van der Waals surface area contributed by atoms with Gasteiger partial charge in [0.2, 0.25) is 0 Å². The first kappa shape index (κ1) is 16.3. The number of benzene rings is 2. The summed E-state index contributed by atoms with van der Waals surface area (Å²) < 4.78 is 11.7. The van der Waals surface area contributed by atoms with E-state index < -0.39 is 0 Å². The molecular weight excluding hydrogens is 284 g/mol. The van der Waals surface area contributed by atoms with Gasteiger partial charge in [0.05, 0.1) is 6.61 Å². The van der Waals surface area contributed by atoms with Crippen molar-refractivity contribution in [2.45, 2.75) is 45.4 Å². The van der Waals surface area contributed by atoms with Crippen molar-refractivity contribution in [2.75, 3.05) is 19.8 Å². The predicted octanol–water partition coefficient (Wildman–Crippen LogP) is 5.55. The van der Waals surface area contributed by atoms with Gasteiger partial charge in [0.25, 0.3) is 0 Å². The van der Waals surface area contributed by atoms with Crippen molar-refractivity contribution in [2.24, 2.45) is 5.92 Å². The minimum Gasteiger partial charge on any atom is -0.493 e. The molecular formula is C21H28O2. The molecule has 0 bridgehead atoms. The molecule has 3 rings (SSSR count). The summed E-state index contributed by atoms with van der Waals surface area (Å²) >= 11 is 0. The molecule has 0 amide bonds. The van der Waals surface area contributed by atoms with Crippen molar-refractivity contribution in [3.63, 3.8) is 0 Å². The summed E-state index contributed by atoms with van der Waals surface area (Å²) in [5.41, 5.74) is 1.35. The quantitative estimate of drug-likeness (QED) is 0.696. The summed E-state index contributed by atoms with van der Waals surface area (Å²) in [6.45, 7) is 7.17. The average Bonchev–Trinajstić information content (AvgIpc) is 2.61. The fraction of sp³-hybridized carbons (Fsp3) is 0.524. The smallest absolute Gasteiger partial charge is 0.123 e. The van der Waals surface area contributed by atoms with E-state index in [0.717, 1.165) is 44.3 Å². The van der Waals surface area contributed by atoms with Crippen LogP contribution < -0.4 is 4.74 Å². The van der Waals surface area contributed by atoms with Gasteiger partial charge in [-0.05, 0) is 66.0 Å². The van der Waals surface area contributed by atoms with E-state index >= 15 is 0 Å². The number of hydrogen-bond donors (Lipinski definition) is 0. The van der Waals surface area contributed by atoms with Crippen LogP contribution in [0, 0.1) is 5.92 Å². The molecule has 1 saturated heterocycles. The van der Waals surface area contributed by atoms with Gasteiger partial charge in [-0.25, -0.2) is 0 Å². The summed E-state index contributed by atoms with van der Waals surface area (Å²) in [5, 5.41) is 2.57. The SMILES string of the molecule is CCC(C)c1cc2ccccc2cc1OCCC1CCOCC1. The summed E-state index contributed by atoms with van der Waals surface area (Å²) in [5.74, 6) is 2.36. The molecule has 2 heteroatoms. The van der Waals surface area contributed by atoms with Crippen LogP contribution in [0.25, 0.3) is 10.8 Å². The Balaban J connectivity index is 1.74. The van der Waals surface area contributed by atoms with E-state index in [1.807, 2.05) is 0 Å².